The largest absolute Gasteiger partial charge is 0.467 e. The normalized spacial score (nSPS) is 12.9. The topological polar surface area (TPSA) is 25.2 Å². The molecule has 0 aromatic carbocycles. The molecule has 0 spiro atoms. The molecule has 0 amide bonds. The van der Waals surface area contributed by atoms with Crippen LogP contribution in [0.2, 0.25) is 0 Å². The number of hydrogen-bond acceptors (Lipinski definition) is 3. The maximum Gasteiger partial charge on any atom is 0.122 e. The highest BCUT2D eigenvalue weighted by Gasteiger charge is 2.13. The number of nitrogens with one attached hydrogen (secondary N) is 1. The molecule has 0 radical (unpaired) electrons. The van der Waals surface area contributed by atoms with E-state index >= 15 is 0 Å². The van der Waals surface area contributed by atoms with Gasteiger partial charge in [0, 0.05) is 5.56 Å². The van der Waals surface area contributed by atoms with Gasteiger partial charge in [0.2, 0.25) is 0 Å². The summed E-state index contributed by atoms with van der Waals surface area (Å²) in [5.74, 6) is 0.883. The van der Waals surface area contributed by atoms with E-state index in [2.05, 4.69) is 28.6 Å². The molecule has 0 saturated carbocycles. The van der Waals surface area contributed by atoms with Gasteiger partial charge in [-0.25, -0.2) is 4.84 Å². The van der Waals surface area contributed by atoms with Gasteiger partial charge in [-0.05, 0) is 46.7 Å². The summed E-state index contributed by atoms with van der Waals surface area (Å²) in [6, 6.07) is 4.19. The molecule has 0 aliphatic rings. The van der Waals surface area contributed by atoms with E-state index in [1.165, 1.54) is 5.56 Å². The first-order chi connectivity index (χ1) is 7.35. The average molecular weight is 242 g/mol. The van der Waals surface area contributed by atoms with Gasteiger partial charge in [0.25, 0.3) is 0 Å². The van der Waals surface area contributed by atoms with Crippen molar-refractivity contribution >= 4 is 23.1 Å². The third-order valence-corrected chi connectivity index (χ3v) is 3.30. The highest BCUT2D eigenvalue weighted by molar-refractivity contribution is 7.08. The second-order valence-electron chi connectivity index (χ2n) is 3.32. The summed E-state index contributed by atoms with van der Waals surface area (Å²) >= 11 is 7.31. The van der Waals surface area contributed by atoms with Crippen LogP contribution in [0, 0.1) is 0 Å². The lowest BCUT2D eigenvalue weighted by Crippen LogP contribution is -2.08. The molecule has 0 bridgehead atoms. The Morgan fingerprint density at radius 1 is 1.53 bits per heavy atom. The lowest BCUT2D eigenvalue weighted by Gasteiger charge is -2.07. The van der Waals surface area contributed by atoms with Crippen molar-refractivity contribution < 1.29 is 4.42 Å². The lowest BCUT2D eigenvalue weighted by molar-refractivity contribution is 0.445. The fourth-order valence-corrected chi connectivity index (χ4v) is 2.37. The van der Waals surface area contributed by atoms with Crippen molar-refractivity contribution in [3.63, 3.8) is 0 Å². The van der Waals surface area contributed by atoms with E-state index in [1.807, 2.05) is 6.07 Å². The molecule has 80 valence electrons. The van der Waals surface area contributed by atoms with Crippen molar-refractivity contribution in [2.24, 2.45) is 0 Å². The molecule has 15 heavy (non-hydrogen) atoms. The van der Waals surface area contributed by atoms with Gasteiger partial charge < -0.3 is 4.42 Å². The van der Waals surface area contributed by atoms with E-state index in [9.17, 15) is 0 Å². The lowest BCUT2D eigenvalue weighted by atomic mass is 10.1. The van der Waals surface area contributed by atoms with Crippen LogP contribution < -0.4 is 4.84 Å². The third kappa shape index (κ3) is 2.25. The highest BCUT2D eigenvalue weighted by Crippen LogP contribution is 2.28. The molecule has 0 aliphatic carbocycles. The first-order valence-corrected chi connectivity index (χ1v) is 6.14. The zero-order valence-corrected chi connectivity index (χ0v) is 9.94. The van der Waals surface area contributed by atoms with E-state index in [1.54, 1.807) is 17.6 Å². The molecule has 0 fully saturated rings. The van der Waals surface area contributed by atoms with Crippen LogP contribution in [0.5, 0.6) is 0 Å². The fourth-order valence-electron chi connectivity index (χ4n) is 1.45. The molecule has 2 aromatic heterocycles. The molecular formula is C11H12ClNOS. The molecular weight excluding hydrogens is 230 g/mol. The van der Waals surface area contributed by atoms with E-state index < -0.39 is 0 Å². The molecule has 1 atom stereocenters. The van der Waals surface area contributed by atoms with Crippen LogP contribution in [0.25, 0.3) is 11.1 Å². The quantitative estimate of drug-likeness (QED) is 0.812. The van der Waals surface area contributed by atoms with Crippen molar-refractivity contribution in [2.75, 3.05) is 0 Å². The monoisotopic (exact) mass is 241 g/mol. The Balaban J connectivity index is 2.24. The van der Waals surface area contributed by atoms with Crippen LogP contribution in [-0.4, -0.2) is 0 Å². The minimum Gasteiger partial charge on any atom is -0.467 e. The minimum absolute atomic E-state index is 0.0825. The van der Waals surface area contributed by atoms with E-state index in [0.717, 1.165) is 17.7 Å². The van der Waals surface area contributed by atoms with Crippen LogP contribution in [0.15, 0.2) is 33.6 Å². The second kappa shape index (κ2) is 4.84. The van der Waals surface area contributed by atoms with E-state index in [-0.39, 0.29) is 6.04 Å². The first kappa shape index (κ1) is 10.7. The van der Waals surface area contributed by atoms with Crippen LogP contribution >= 0.6 is 23.1 Å². The van der Waals surface area contributed by atoms with Gasteiger partial charge in [0.05, 0.1) is 12.3 Å². The van der Waals surface area contributed by atoms with E-state index in [0.29, 0.717) is 0 Å². The standard InChI is InChI=1S/C11H12ClNOS/c1-2-10(13-12)11-5-9(6-14-11)8-3-4-15-7-8/h3-7,10,13H,2H2,1H3. The van der Waals surface area contributed by atoms with Gasteiger partial charge in [-0.3, -0.25) is 0 Å². The highest BCUT2D eigenvalue weighted by atomic mass is 35.5. The summed E-state index contributed by atoms with van der Waals surface area (Å²) in [7, 11) is 0. The maximum absolute atomic E-state index is 5.63. The van der Waals surface area contributed by atoms with Gasteiger partial charge in [-0.1, -0.05) is 6.92 Å². The van der Waals surface area contributed by atoms with Gasteiger partial charge in [-0.2, -0.15) is 11.3 Å². The molecule has 2 rings (SSSR count). The Morgan fingerprint density at radius 3 is 3.00 bits per heavy atom. The Hall–Kier alpha value is -0.770. The van der Waals surface area contributed by atoms with Crippen LogP contribution in [0.4, 0.5) is 0 Å². The predicted molar refractivity (Wildman–Crippen MR) is 64.0 cm³/mol. The Bertz CT molecular complexity index is 406. The van der Waals surface area contributed by atoms with Crippen molar-refractivity contribution in [3.8, 4) is 11.1 Å². The molecule has 4 heteroatoms. The van der Waals surface area contributed by atoms with Crippen molar-refractivity contribution in [1.82, 2.24) is 4.84 Å². The number of halogens is 1. The Labute approximate surface area is 98.0 Å². The first-order valence-electron chi connectivity index (χ1n) is 4.82. The number of hydrogen-bond donors (Lipinski definition) is 1. The summed E-state index contributed by atoms with van der Waals surface area (Å²) in [6.07, 6.45) is 2.67. The fraction of sp³-hybridized carbons (Fsp3) is 0.273. The maximum atomic E-state index is 5.63. The van der Waals surface area contributed by atoms with Crippen LogP contribution in [0.1, 0.15) is 25.1 Å². The summed E-state index contributed by atoms with van der Waals surface area (Å²) in [4.78, 5) is 2.71. The van der Waals surface area contributed by atoms with Gasteiger partial charge >= 0.3 is 0 Å². The van der Waals surface area contributed by atoms with Gasteiger partial charge in [0.15, 0.2) is 0 Å². The molecule has 1 unspecified atom stereocenters. The van der Waals surface area contributed by atoms with Crippen LogP contribution in [-0.2, 0) is 0 Å². The average Bonchev–Trinajstić information content (AvgIpc) is 2.89. The predicted octanol–water partition coefficient (Wildman–Crippen LogP) is 4.20. The van der Waals surface area contributed by atoms with Crippen LogP contribution in [0.3, 0.4) is 0 Å². The Morgan fingerprint density at radius 2 is 2.40 bits per heavy atom. The molecule has 0 aliphatic heterocycles. The van der Waals surface area contributed by atoms with Gasteiger partial charge in [-0.15, -0.1) is 0 Å². The summed E-state index contributed by atoms with van der Waals surface area (Å²) in [6.45, 7) is 2.06. The van der Waals surface area contributed by atoms with Crippen molar-refractivity contribution in [1.29, 1.82) is 0 Å². The zero-order valence-electron chi connectivity index (χ0n) is 8.37. The van der Waals surface area contributed by atoms with Crippen molar-refractivity contribution in [2.45, 2.75) is 19.4 Å². The Kier molecular flexibility index (Phi) is 3.46. The summed E-state index contributed by atoms with van der Waals surface area (Å²) in [5, 5.41) is 4.16. The zero-order chi connectivity index (χ0) is 10.7. The summed E-state index contributed by atoms with van der Waals surface area (Å²) < 4.78 is 5.49. The number of furan rings is 1. The molecule has 2 heterocycles. The number of rotatable bonds is 4. The molecule has 0 saturated heterocycles. The van der Waals surface area contributed by atoms with Gasteiger partial charge in [0.1, 0.15) is 5.76 Å². The molecule has 1 N–H and O–H groups in total. The molecule has 2 aromatic rings. The molecule has 2 nitrogen and oxygen atoms in total. The smallest absolute Gasteiger partial charge is 0.122 e. The SMILES string of the molecule is CCC(NCl)c1cc(-c2ccsc2)co1. The minimum atomic E-state index is 0.0825. The van der Waals surface area contributed by atoms with Crippen molar-refractivity contribution in [3.05, 3.63) is 34.9 Å². The number of thiophene rings is 1. The van der Waals surface area contributed by atoms with E-state index in [4.69, 9.17) is 16.2 Å². The third-order valence-electron chi connectivity index (χ3n) is 2.36. The second-order valence-corrected chi connectivity index (χ2v) is 4.32. The summed E-state index contributed by atoms with van der Waals surface area (Å²) in [5.41, 5.74) is 2.30.